The number of benzene rings is 3. The third kappa shape index (κ3) is 4.51. The van der Waals surface area contributed by atoms with Crippen molar-refractivity contribution < 1.29 is 9.53 Å². The first-order chi connectivity index (χ1) is 13.8. The van der Waals surface area contributed by atoms with Gasteiger partial charge in [-0.15, -0.1) is 0 Å². The minimum atomic E-state index is -0.0124. The summed E-state index contributed by atoms with van der Waals surface area (Å²) in [5.74, 6) is 1.04. The molecule has 1 aliphatic rings. The first kappa shape index (κ1) is 18.5. The predicted octanol–water partition coefficient (Wildman–Crippen LogP) is 6.35. The van der Waals surface area contributed by atoms with Crippen molar-refractivity contribution in [2.24, 2.45) is 0 Å². The minimum absolute atomic E-state index is 0.0124. The van der Waals surface area contributed by atoms with Crippen molar-refractivity contribution in [1.29, 1.82) is 0 Å². The van der Waals surface area contributed by atoms with Crippen molar-refractivity contribution in [1.82, 2.24) is 0 Å². The molecule has 1 atom stereocenters. The van der Waals surface area contributed by atoms with Gasteiger partial charge in [0.15, 0.2) is 5.78 Å². The van der Waals surface area contributed by atoms with Crippen LogP contribution in [0, 0.1) is 0 Å². The van der Waals surface area contributed by atoms with Crippen molar-refractivity contribution in [3.63, 3.8) is 0 Å². The lowest BCUT2D eigenvalue weighted by Gasteiger charge is -2.22. The standard InChI is InChI=1S/C26H26O2/c27-25-15-8-14-21-17-18-23(19-24(21)25)28-26(22-12-5-2-6-13-22)16-7-11-20-9-3-1-4-10-20/h1-6,9-10,12-13,17-19,26H,7-8,11,14-16H2. The zero-order valence-corrected chi connectivity index (χ0v) is 16.1. The molecule has 0 amide bonds. The minimum Gasteiger partial charge on any atom is -0.486 e. The second kappa shape index (κ2) is 8.88. The van der Waals surface area contributed by atoms with Gasteiger partial charge in [-0.05, 0) is 60.9 Å². The average Bonchev–Trinajstić information content (AvgIpc) is 2.75. The Bertz CT molecular complexity index is 916. The predicted molar refractivity (Wildman–Crippen MR) is 113 cm³/mol. The molecule has 0 radical (unpaired) electrons. The Kier molecular flexibility index (Phi) is 5.86. The molecule has 0 bridgehead atoms. The molecule has 2 nitrogen and oxygen atoms in total. The second-order valence-corrected chi connectivity index (χ2v) is 7.49. The molecule has 3 aromatic carbocycles. The van der Waals surface area contributed by atoms with Crippen molar-refractivity contribution in [3.05, 3.63) is 101 Å². The molecule has 0 aliphatic heterocycles. The van der Waals surface area contributed by atoms with E-state index in [0.29, 0.717) is 6.42 Å². The second-order valence-electron chi connectivity index (χ2n) is 7.49. The van der Waals surface area contributed by atoms with E-state index in [1.165, 1.54) is 11.1 Å². The van der Waals surface area contributed by atoms with Crippen LogP contribution in [0.1, 0.15) is 58.8 Å². The highest BCUT2D eigenvalue weighted by Crippen LogP contribution is 2.30. The fourth-order valence-corrected chi connectivity index (χ4v) is 3.94. The van der Waals surface area contributed by atoms with Crippen molar-refractivity contribution in [3.8, 4) is 5.75 Å². The van der Waals surface area contributed by atoms with Crippen LogP contribution < -0.4 is 4.74 Å². The van der Waals surface area contributed by atoms with Gasteiger partial charge in [0.1, 0.15) is 11.9 Å². The Hall–Kier alpha value is -2.87. The lowest BCUT2D eigenvalue weighted by Crippen LogP contribution is -2.12. The van der Waals surface area contributed by atoms with Gasteiger partial charge in [-0.3, -0.25) is 4.79 Å². The van der Waals surface area contributed by atoms with Gasteiger partial charge in [-0.2, -0.15) is 0 Å². The fraction of sp³-hybridized carbons (Fsp3) is 0.269. The summed E-state index contributed by atoms with van der Waals surface area (Å²) in [4.78, 5) is 12.3. The first-order valence-corrected chi connectivity index (χ1v) is 10.2. The van der Waals surface area contributed by atoms with Crippen LogP contribution in [0.4, 0.5) is 0 Å². The van der Waals surface area contributed by atoms with Gasteiger partial charge in [-0.25, -0.2) is 0 Å². The number of fused-ring (bicyclic) bond motifs is 1. The molecular formula is C26H26O2. The quantitative estimate of drug-likeness (QED) is 0.484. The molecule has 1 unspecified atom stereocenters. The maximum atomic E-state index is 12.3. The zero-order chi connectivity index (χ0) is 19.2. The van der Waals surface area contributed by atoms with Gasteiger partial charge in [0.2, 0.25) is 0 Å². The summed E-state index contributed by atoms with van der Waals surface area (Å²) >= 11 is 0. The molecule has 28 heavy (non-hydrogen) atoms. The van der Waals surface area contributed by atoms with Gasteiger partial charge in [0.05, 0.1) is 0 Å². The highest BCUT2D eigenvalue weighted by atomic mass is 16.5. The van der Waals surface area contributed by atoms with Gasteiger partial charge >= 0.3 is 0 Å². The summed E-state index contributed by atoms with van der Waals surface area (Å²) in [5.41, 5.74) is 4.54. The summed E-state index contributed by atoms with van der Waals surface area (Å²) in [6, 6.07) is 27.0. The van der Waals surface area contributed by atoms with Gasteiger partial charge in [0.25, 0.3) is 0 Å². The number of carbonyl (C=O) groups excluding carboxylic acids is 1. The van der Waals surface area contributed by atoms with E-state index < -0.39 is 0 Å². The molecule has 0 fully saturated rings. The van der Waals surface area contributed by atoms with E-state index in [1.54, 1.807) is 0 Å². The highest BCUT2D eigenvalue weighted by Gasteiger charge is 2.19. The Morgan fingerprint density at radius 1 is 0.857 bits per heavy atom. The van der Waals surface area contributed by atoms with Crippen LogP contribution in [0.3, 0.4) is 0 Å². The molecule has 0 saturated carbocycles. The number of ketones is 1. The lowest BCUT2D eigenvalue weighted by molar-refractivity contribution is 0.0971. The largest absolute Gasteiger partial charge is 0.486 e. The van der Waals surface area contributed by atoms with E-state index in [2.05, 4.69) is 60.7 Å². The number of carbonyl (C=O) groups is 1. The molecule has 3 aromatic rings. The molecule has 4 rings (SSSR count). The van der Waals surface area contributed by atoms with Gasteiger partial charge in [0, 0.05) is 12.0 Å². The van der Waals surface area contributed by atoms with E-state index in [4.69, 9.17) is 4.74 Å². The number of rotatable bonds is 7. The van der Waals surface area contributed by atoms with Crippen LogP contribution >= 0.6 is 0 Å². The summed E-state index contributed by atoms with van der Waals surface area (Å²) in [6.45, 7) is 0. The Balaban J connectivity index is 1.49. The van der Waals surface area contributed by atoms with E-state index >= 15 is 0 Å². The third-order valence-electron chi connectivity index (χ3n) is 5.46. The summed E-state index contributed by atoms with van der Waals surface area (Å²) in [7, 11) is 0. The summed E-state index contributed by atoms with van der Waals surface area (Å²) in [5, 5.41) is 0. The van der Waals surface area contributed by atoms with Gasteiger partial charge in [-0.1, -0.05) is 66.7 Å². The lowest BCUT2D eigenvalue weighted by atomic mass is 9.90. The fourth-order valence-electron chi connectivity index (χ4n) is 3.94. The average molecular weight is 370 g/mol. The Morgan fingerprint density at radius 3 is 2.39 bits per heavy atom. The first-order valence-electron chi connectivity index (χ1n) is 10.2. The maximum Gasteiger partial charge on any atom is 0.163 e. The number of ether oxygens (including phenoxy) is 1. The van der Waals surface area contributed by atoms with Crippen LogP contribution in [-0.2, 0) is 12.8 Å². The SMILES string of the molecule is O=C1CCCc2ccc(OC(CCCc3ccccc3)c3ccccc3)cc21. The van der Waals surface area contributed by atoms with E-state index in [-0.39, 0.29) is 11.9 Å². The topological polar surface area (TPSA) is 26.3 Å². The van der Waals surface area contributed by atoms with E-state index in [1.807, 2.05) is 18.2 Å². The van der Waals surface area contributed by atoms with Crippen LogP contribution in [0.2, 0.25) is 0 Å². The molecule has 2 heteroatoms. The highest BCUT2D eigenvalue weighted by molar-refractivity contribution is 5.98. The van der Waals surface area contributed by atoms with Crippen molar-refractivity contribution in [2.45, 2.75) is 44.6 Å². The van der Waals surface area contributed by atoms with E-state index in [0.717, 1.165) is 49.0 Å². The number of hydrogen-bond acceptors (Lipinski definition) is 2. The van der Waals surface area contributed by atoms with Crippen LogP contribution in [-0.4, -0.2) is 5.78 Å². The number of aryl methyl sites for hydroxylation is 2. The monoisotopic (exact) mass is 370 g/mol. The van der Waals surface area contributed by atoms with Gasteiger partial charge < -0.3 is 4.74 Å². The summed E-state index contributed by atoms with van der Waals surface area (Å²) < 4.78 is 6.40. The van der Waals surface area contributed by atoms with Crippen LogP contribution in [0.25, 0.3) is 0 Å². The third-order valence-corrected chi connectivity index (χ3v) is 5.46. The molecular weight excluding hydrogens is 344 g/mol. The van der Waals surface area contributed by atoms with Crippen LogP contribution in [0.15, 0.2) is 78.9 Å². The van der Waals surface area contributed by atoms with Crippen molar-refractivity contribution in [2.75, 3.05) is 0 Å². The Morgan fingerprint density at radius 2 is 1.61 bits per heavy atom. The molecule has 1 aliphatic carbocycles. The van der Waals surface area contributed by atoms with Crippen LogP contribution in [0.5, 0.6) is 5.75 Å². The maximum absolute atomic E-state index is 12.3. The molecule has 0 aromatic heterocycles. The number of Topliss-reactive ketones (excluding diaryl/α,β-unsaturated/α-hetero) is 1. The zero-order valence-electron chi connectivity index (χ0n) is 16.1. The molecule has 0 saturated heterocycles. The Labute approximate surface area is 167 Å². The number of hydrogen-bond donors (Lipinski definition) is 0. The molecule has 142 valence electrons. The molecule has 0 spiro atoms. The molecule has 0 N–H and O–H groups in total. The van der Waals surface area contributed by atoms with Crippen molar-refractivity contribution >= 4 is 5.78 Å². The smallest absolute Gasteiger partial charge is 0.163 e. The molecule has 0 heterocycles. The normalized spacial score (nSPS) is 14.4. The van der Waals surface area contributed by atoms with E-state index in [9.17, 15) is 4.79 Å². The summed E-state index contributed by atoms with van der Waals surface area (Å²) in [6.07, 6.45) is 5.60.